The van der Waals surface area contributed by atoms with Gasteiger partial charge in [0, 0.05) is 31.0 Å². The Morgan fingerprint density at radius 2 is 1.76 bits per heavy atom. The molecule has 4 heteroatoms. The van der Waals surface area contributed by atoms with E-state index in [1.165, 1.54) is 18.2 Å². The smallest absolute Gasteiger partial charge is 0.255 e. The molecule has 0 saturated carbocycles. The van der Waals surface area contributed by atoms with Gasteiger partial charge in [0.05, 0.1) is 0 Å². The zero-order valence-corrected chi connectivity index (χ0v) is 12.7. The standard InChI is InChI=1S/C17H19FN2O/c1-11-9-13(18)5-7-15(11)17(21)19-16-8-6-14(20(3)4)10-12(16)2/h5-10H,1-4H3,(H,19,21). The summed E-state index contributed by atoms with van der Waals surface area (Å²) >= 11 is 0. The second-order valence-electron chi connectivity index (χ2n) is 5.31. The Hall–Kier alpha value is -2.36. The van der Waals surface area contributed by atoms with Crippen LogP contribution in [-0.2, 0) is 0 Å². The maximum atomic E-state index is 13.1. The summed E-state index contributed by atoms with van der Waals surface area (Å²) in [6.45, 7) is 3.67. The summed E-state index contributed by atoms with van der Waals surface area (Å²) in [5, 5.41) is 2.87. The molecule has 3 nitrogen and oxygen atoms in total. The molecule has 0 bridgehead atoms. The quantitative estimate of drug-likeness (QED) is 0.931. The van der Waals surface area contributed by atoms with Crippen molar-refractivity contribution in [2.45, 2.75) is 13.8 Å². The highest BCUT2D eigenvalue weighted by molar-refractivity contribution is 6.05. The van der Waals surface area contributed by atoms with Gasteiger partial charge in [-0.1, -0.05) is 0 Å². The Kier molecular flexibility index (Phi) is 4.26. The molecule has 0 atom stereocenters. The number of carbonyl (C=O) groups is 1. The number of nitrogens with one attached hydrogen (secondary N) is 1. The van der Waals surface area contributed by atoms with Crippen molar-refractivity contribution in [2.75, 3.05) is 24.3 Å². The van der Waals surface area contributed by atoms with Crippen LogP contribution in [0, 0.1) is 19.7 Å². The van der Waals surface area contributed by atoms with E-state index in [1.54, 1.807) is 6.92 Å². The third kappa shape index (κ3) is 3.40. The van der Waals surface area contributed by atoms with Crippen LogP contribution in [0.5, 0.6) is 0 Å². The second kappa shape index (κ2) is 5.95. The number of amides is 1. The third-order valence-corrected chi connectivity index (χ3v) is 3.41. The van der Waals surface area contributed by atoms with Gasteiger partial charge in [-0.15, -0.1) is 0 Å². The van der Waals surface area contributed by atoms with Crippen molar-refractivity contribution in [1.82, 2.24) is 0 Å². The topological polar surface area (TPSA) is 32.3 Å². The lowest BCUT2D eigenvalue weighted by molar-refractivity contribution is 0.102. The van der Waals surface area contributed by atoms with Gasteiger partial charge in [0.2, 0.25) is 0 Å². The Balaban J connectivity index is 2.23. The van der Waals surface area contributed by atoms with Gasteiger partial charge in [-0.2, -0.15) is 0 Å². The lowest BCUT2D eigenvalue weighted by Gasteiger charge is -2.16. The zero-order chi connectivity index (χ0) is 15.6. The monoisotopic (exact) mass is 286 g/mol. The van der Waals surface area contributed by atoms with Crippen molar-refractivity contribution in [2.24, 2.45) is 0 Å². The van der Waals surface area contributed by atoms with E-state index in [1.807, 2.05) is 44.1 Å². The van der Waals surface area contributed by atoms with E-state index in [9.17, 15) is 9.18 Å². The van der Waals surface area contributed by atoms with Crippen molar-refractivity contribution >= 4 is 17.3 Å². The number of rotatable bonds is 3. The number of hydrogen-bond donors (Lipinski definition) is 1. The van der Waals surface area contributed by atoms with E-state index in [2.05, 4.69) is 5.32 Å². The molecule has 1 amide bonds. The number of nitrogens with zero attached hydrogens (tertiary/aromatic N) is 1. The summed E-state index contributed by atoms with van der Waals surface area (Å²) in [7, 11) is 3.93. The molecule has 0 heterocycles. The average Bonchev–Trinajstić information content (AvgIpc) is 2.40. The van der Waals surface area contributed by atoms with Crippen LogP contribution < -0.4 is 10.2 Å². The summed E-state index contributed by atoms with van der Waals surface area (Å²) in [6, 6.07) is 9.99. The van der Waals surface area contributed by atoms with E-state index < -0.39 is 0 Å². The first-order valence-corrected chi connectivity index (χ1v) is 6.74. The maximum absolute atomic E-state index is 13.1. The van der Waals surface area contributed by atoms with Crippen LogP contribution >= 0.6 is 0 Å². The summed E-state index contributed by atoms with van der Waals surface area (Å²) in [5.74, 6) is -0.566. The van der Waals surface area contributed by atoms with E-state index in [-0.39, 0.29) is 11.7 Å². The Bertz CT molecular complexity index is 680. The van der Waals surface area contributed by atoms with Crippen molar-refractivity contribution in [3.63, 3.8) is 0 Å². The zero-order valence-electron chi connectivity index (χ0n) is 12.7. The van der Waals surface area contributed by atoms with Crippen LogP contribution in [0.25, 0.3) is 0 Å². The van der Waals surface area contributed by atoms with E-state index >= 15 is 0 Å². The van der Waals surface area contributed by atoms with Gasteiger partial charge in [0.15, 0.2) is 0 Å². The van der Waals surface area contributed by atoms with E-state index in [0.717, 1.165) is 16.9 Å². The number of benzene rings is 2. The lowest BCUT2D eigenvalue weighted by Crippen LogP contribution is -2.15. The third-order valence-electron chi connectivity index (χ3n) is 3.41. The maximum Gasteiger partial charge on any atom is 0.255 e. The van der Waals surface area contributed by atoms with Gasteiger partial charge in [-0.3, -0.25) is 4.79 Å². The minimum Gasteiger partial charge on any atom is -0.378 e. The largest absolute Gasteiger partial charge is 0.378 e. The highest BCUT2D eigenvalue weighted by Gasteiger charge is 2.11. The summed E-state index contributed by atoms with van der Waals surface area (Å²) < 4.78 is 13.1. The number of aryl methyl sites for hydroxylation is 2. The fourth-order valence-electron chi connectivity index (χ4n) is 2.14. The van der Waals surface area contributed by atoms with Crippen LogP contribution in [0.3, 0.4) is 0 Å². The van der Waals surface area contributed by atoms with Crippen molar-refractivity contribution in [1.29, 1.82) is 0 Å². The molecule has 0 radical (unpaired) electrons. The molecule has 0 fully saturated rings. The summed E-state index contributed by atoms with van der Waals surface area (Å²) in [6.07, 6.45) is 0. The van der Waals surface area contributed by atoms with Crippen molar-refractivity contribution < 1.29 is 9.18 Å². The molecule has 2 aromatic carbocycles. The van der Waals surface area contributed by atoms with E-state index in [0.29, 0.717) is 11.1 Å². The van der Waals surface area contributed by atoms with E-state index in [4.69, 9.17) is 0 Å². The molecule has 21 heavy (non-hydrogen) atoms. The first-order chi connectivity index (χ1) is 9.88. The molecule has 0 unspecified atom stereocenters. The Morgan fingerprint density at radius 1 is 1.05 bits per heavy atom. The Morgan fingerprint density at radius 3 is 2.33 bits per heavy atom. The molecule has 1 N–H and O–H groups in total. The Labute approximate surface area is 124 Å². The molecule has 2 rings (SSSR count). The molecule has 0 spiro atoms. The summed E-state index contributed by atoms with van der Waals surface area (Å²) in [5.41, 5.74) is 3.91. The van der Waals surface area contributed by atoms with Crippen LogP contribution in [0.15, 0.2) is 36.4 Å². The SMILES string of the molecule is Cc1cc(N(C)C)ccc1NC(=O)c1ccc(F)cc1C. The lowest BCUT2D eigenvalue weighted by atomic mass is 10.1. The van der Waals surface area contributed by atoms with Gasteiger partial charge >= 0.3 is 0 Å². The van der Waals surface area contributed by atoms with Crippen molar-refractivity contribution in [3.8, 4) is 0 Å². The van der Waals surface area contributed by atoms with Gasteiger partial charge in [-0.05, 0) is 61.4 Å². The first-order valence-electron chi connectivity index (χ1n) is 6.74. The molecule has 0 aliphatic heterocycles. The molecule has 0 saturated heterocycles. The van der Waals surface area contributed by atoms with Crippen LogP contribution in [0.1, 0.15) is 21.5 Å². The number of hydrogen-bond acceptors (Lipinski definition) is 2. The molecular weight excluding hydrogens is 267 g/mol. The predicted molar refractivity (Wildman–Crippen MR) is 84.6 cm³/mol. The fourth-order valence-corrected chi connectivity index (χ4v) is 2.14. The molecule has 0 aliphatic rings. The molecular formula is C17H19FN2O. The van der Waals surface area contributed by atoms with Crippen LogP contribution in [-0.4, -0.2) is 20.0 Å². The number of halogens is 1. The molecule has 0 aromatic heterocycles. The fraction of sp³-hybridized carbons (Fsp3) is 0.235. The van der Waals surface area contributed by atoms with Crippen LogP contribution in [0.4, 0.5) is 15.8 Å². The van der Waals surface area contributed by atoms with Gasteiger partial charge < -0.3 is 10.2 Å². The van der Waals surface area contributed by atoms with Crippen LogP contribution in [0.2, 0.25) is 0 Å². The first kappa shape index (κ1) is 15.0. The minimum absolute atomic E-state index is 0.229. The minimum atomic E-state index is -0.337. The molecule has 2 aromatic rings. The second-order valence-corrected chi connectivity index (χ2v) is 5.31. The van der Waals surface area contributed by atoms with Gasteiger partial charge in [0.1, 0.15) is 5.82 Å². The van der Waals surface area contributed by atoms with Gasteiger partial charge in [0.25, 0.3) is 5.91 Å². The van der Waals surface area contributed by atoms with Crippen molar-refractivity contribution in [3.05, 3.63) is 58.9 Å². The van der Waals surface area contributed by atoms with Gasteiger partial charge in [-0.25, -0.2) is 4.39 Å². The normalized spacial score (nSPS) is 10.3. The average molecular weight is 286 g/mol. The highest BCUT2D eigenvalue weighted by Crippen LogP contribution is 2.22. The summed E-state index contributed by atoms with van der Waals surface area (Å²) in [4.78, 5) is 14.3. The number of carbonyl (C=O) groups excluding carboxylic acids is 1. The molecule has 0 aliphatic carbocycles. The highest BCUT2D eigenvalue weighted by atomic mass is 19.1. The predicted octanol–water partition coefficient (Wildman–Crippen LogP) is 3.76. The number of anilines is 2. The molecule has 110 valence electrons.